The molecule has 1 aromatic carbocycles. The van der Waals surface area contributed by atoms with E-state index in [1.807, 2.05) is 6.92 Å². The maximum atomic E-state index is 13.2. The number of halogens is 3. The summed E-state index contributed by atoms with van der Waals surface area (Å²) in [6.07, 6.45) is 2.62. The fourth-order valence-corrected chi connectivity index (χ4v) is 1.38. The van der Waals surface area contributed by atoms with Crippen molar-refractivity contribution in [2.45, 2.75) is 32.2 Å². The molecule has 86 valence electrons. The maximum Gasteiger partial charge on any atom is 0.128 e. The molecule has 0 aliphatic heterocycles. The van der Waals surface area contributed by atoms with Gasteiger partial charge in [0.1, 0.15) is 11.6 Å². The van der Waals surface area contributed by atoms with Crippen LogP contribution in [0.2, 0.25) is 0 Å². The second kappa shape index (κ2) is 6.75. The fraction of sp³-hybridized carbons (Fsp3) is 0.455. The van der Waals surface area contributed by atoms with Gasteiger partial charge in [-0.05, 0) is 24.6 Å². The second-order valence-electron chi connectivity index (χ2n) is 3.41. The Labute approximate surface area is 95.1 Å². The highest BCUT2D eigenvalue weighted by Gasteiger charge is 2.11. The molecule has 0 aromatic heterocycles. The van der Waals surface area contributed by atoms with Crippen LogP contribution in [0.5, 0.6) is 0 Å². The zero-order chi connectivity index (χ0) is 10.6. The lowest BCUT2D eigenvalue weighted by atomic mass is 10.0. The minimum atomic E-state index is -0.437. The van der Waals surface area contributed by atoms with Crippen LogP contribution in [0.3, 0.4) is 0 Å². The molecule has 0 saturated carbocycles. The lowest BCUT2D eigenvalue weighted by Crippen LogP contribution is -2.12. The molecule has 0 unspecified atom stereocenters. The van der Waals surface area contributed by atoms with Crippen molar-refractivity contribution in [1.29, 1.82) is 0 Å². The van der Waals surface area contributed by atoms with Gasteiger partial charge < -0.3 is 5.73 Å². The molecule has 0 fully saturated rings. The topological polar surface area (TPSA) is 26.0 Å². The Kier molecular flexibility index (Phi) is 6.45. The van der Waals surface area contributed by atoms with E-state index in [2.05, 4.69) is 0 Å². The Hall–Kier alpha value is -0.670. The Bertz CT molecular complexity index is 305. The number of hydrogen-bond donors (Lipinski definition) is 1. The average molecular weight is 236 g/mol. The summed E-state index contributed by atoms with van der Waals surface area (Å²) >= 11 is 0. The standard InChI is InChI=1S/C11H15F2N.ClH/c1-2-3-4-11(14)9-7-8(12)5-6-10(9)13;/h5-7,11H,2-4,14H2,1H3;1H/t11-;/m0./s1. The van der Waals surface area contributed by atoms with E-state index in [0.717, 1.165) is 25.0 Å². The first-order valence-corrected chi connectivity index (χ1v) is 4.85. The largest absolute Gasteiger partial charge is 0.324 e. The van der Waals surface area contributed by atoms with E-state index >= 15 is 0 Å². The van der Waals surface area contributed by atoms with Gasteiger partial charge in [-0.15, -0.1) is 12.4 Å². The van der Waals surface area contributed by atoms with Crippen LogP contribution in [0, 0.1) is 11.6 Å². The van der Waals surface area contributed by atoms with Gasteiger partial charge in [-0.1, -0.05) is 19.8 Å². The summed E-state index contributed by atoms with van der Waals surface area (Å²) < 4.78 is 26.0. The molecule has 0 aliphatic carbocycles. The summed E-state index contributed by atoms with van der Waals surface area (Å²) in [5.41, 5.74) is 6.02. The van der Waals surface area contributed by atoms with E-state index in [-0.39, 0.29) is 18.0 Å². The summed E-state index contributed by atoms with van der Waals surface area (Å²) in [7, 11) is 0. The minimum Gasteiger partial charge on any atom is -0.324 e. The molecule has 0 aliphatic rings. The number of unbranched alkanes of at least 4 members (excludes halogenated alkanes) is 1. The molecule has 1 atom stereocenters. The quantitative estimate of drug-likeness (QED) is 0.848. The van der Waals surface area contributed by atoms with E-state index in [1.54, 1.807) is 0 Å². The first-order chi connectivity index (χ1) is 6.65. The lowest BCUT2D eigenvalue weighted by molar-refractivity contribution is 0.535. The Balaban J connectivity index is 0.00000196. The van der Waals surface area contributed by atoms with Crippen LogP contribution in [-0.4, -0.2) is 0 Å². The van der Waals surface area contributed by atoms with Crippen LogP contribution in [0.25, 0.3) is 0 Å². The number of nitrogens with two attached hydrogens (primary N) is 1. The average Bonchev–Trinajstić information content (AvgIpc) is 2.18. The van der Waals surface area contributed by atoms with Crippen molar-refractivity contribution in [3.05, 3.63) is 35.4 Å². The molecule has 4 heteroatoms. The van der Waals surface area contributed by atoms with Crippen molar-refractivity contribution in [2.75, 3.05) is 0 Å². The van der Waals surface area contributed by atoms with Gasteiger partial charge in [0.25, 0.3) is 0 Å². The Morgan fingerprint density at radius 3 is 2.60 bits per heavy atom. The fourth-order valence-electron chi connectivity index (χ4n) is 1.38. The third-order valence-electron chi connectivity index (χ3n) is 2.23. The van der Waals surface area contributed by atoms with Crippen LogP contribution in [0.15, 0.2) is 18.2 Å². The zero-order valence-electron chi connectivity index (χ0n) is 8.67. The third kappa shape index (κ3) is 4.14. The number of rotatable bonds is 4. The first-order valence-electron chi connectivity index (χ1n) is 4.85. The maximum absolute atomic E-state index is 13.2. The smallest absolute Gasteiger partial charge is 0.128 e. The predicted octanol–water partition coefficient (Wildman–Crippen LogP) is 3.58. The van der Waals surface area contributed by atoms with E-state index < -0.39 is 17.7 Å². The number of hydrogen-bond acceptors (Lipinski definition) is 1. The highest BCUT2D eigenvalue weighted by Crippen LogP contribution is 2.20. The van der Waals surface area contributed by atoms with E-state index in [0.29, 0.717) is 6.42 Å². The van der Waals surface area contributed by atoms with Gasteiger partial charge in [-0.3, -0.25) is 0 Å². The highest BCUT2D eigenvalue weighted by atomic mass is 35.5. The van der Waals surface area contributed by atoms with Gasteiger partial charge >= 0.3 is 0 Å². The van der Waals surface area contributed by atoms with E-state index in [4.69, 9.17) is 5.73 Å². The summed E-state index contributed by atoms with van der Waals surface area (Å²) in [4.78, 5) is 0. The second-order valence-corrected chi connectivity index (χ2v) is 3.41. The molecule has 0 saturated heterocycles. The van der Waals surface area contributed by atoms with Crippen molar-refractivity contribution in [3.8, 4) is 0 Å². The van der Waals surface area contributed by atoms with Crippen molar-refractivity contribution < 1.29 is 8.78 Å². The summed E-state index contributed by atoms with van der Waals surface area (Å²) in [6, 6.07) is 3.00. The van der Waals surface area contributed by atoms with E-state index in [9.17, 15) is 8.78 Å². The van der Waals surface area contributed by atoms with Gasteiger partial charge in [0, 0.05) is 11.6 Å². The van der Waals surface area contributed by atoms with Crippen molar-refractivity contribution in [3.63, 3.8) is 0 Å². The molecular formula is C11H16ClF2N. The highest BCUT2D eigenvalue weighted by molar-refractivity contribution is 5.85. The molecule has 0 radical (unpaired) electrons. The van der Waals surface area contributed by atoms with Crippen molar-refractivity contribution in [2.24, 2.45) is 5.73 Å². The molecule has 1 nitrogen and oxygen atoms in total. The normalized spacial score (nSPS) is 12.0. The molecule has 0 spiro atoms. The first kappa shape index (κ1) is 14.3. The SMILES string of the molecule is CCCC[C@H](N)c1cc(F)ccc1F.Cl. The van der Waals surface area contributed by atoms with Crippen molar-refractivity contribution >= 4 is 12.4 Å². The third-order valence-corrected chi connectivity index (χ3v) is 2.23. The molecule has 0 bridgehead atoms. The Morgan fingerprint density at radius 2 is 2.00 bits per heavy atom. The van der Waals surface area contributed by atoms with Gasteiger partial charge in [0.05, 0.1) is 0 Å². The van der Waals surface area contributed by atoms with E-state index in [1.165, 1.54) is 6.07 Å². The Morgan fingerprint density at radius 1 is 1.33 bits per heavy atom. The van der Waals surface area contributed by atoms with Gasteiger partial charge in [0.15, 0.2) is 0 Å². The van der Waals surface area contributed by atoms with Gasteiger partial charge in [0.2, 0.25) is 0 Å². The number of benzene rings is 1. The molecule has 1 aromatic rings. The molecule has 15 heavy (non-hydrogen) atoms. The molecular weight excluding hydrogens is 220 g/mol. The van der Waals surface area contributed by atoms with Crippen LogP contribution in [-0.2, 0) is 0 Å². The monoisotopic (exact) mass is 235 g/mol. The van der Waals surface area contributed by atoms with Crippen LogP contribution in [0.4, 0.5) is 8.78 Å². The predicted molar refractivity (Wildman–Crippen MR) is 60.1 cm³/mol. The molecule has 1 rings (SSSR count). The van der Waals surface area contributed by atoms with Crippen molar-refractivity contribution in [1.82, 2.24) is 0 Å². The summed E-state index contributed by atoms with van der Waals surface area (Å²) in [5, 5.41) is 0. The van der Waals surface area contributed by atoms with Gasteiger partial charge in [-0.2, -0.15) is 0 Å². The van der Waals surface area contributed by atoms with Crippen LogP contribution >= 0.6 is 12.4 Å². The molecule has 2 N–H and O–H groups in total. The zero-order valence-corrected chi connectivity index (χ0v) is 9.49. The van der Waals surface area contributed by atoms with Crippen LogP contribution in [0.1, 0.15) is 37.8 Å². The molecule has 0 amide bonds. The minimum absolute atomic E-state index is 0. The molecule has 0 heterocycles. The lowest BCUT2D eigenvalue weighted by Gasteiger charge is -2.12. The summed E-state index contributed by atoms with van der Waals surface area (Å²) in [6.45, 7) is 2.04. The summed E-state index contributed by atoms with van der Waals surface area (Å²) in [5.74, 6) is -0.858. The van der Waals surface area contributed by atoms with Gasteiger partial charge in [-0.25, -0.2) is 8.78 Å². The van der Waals surface area contributed by atoms with Crippen LogP contribution < -0.4 is 5.73 Å².